The van der Waals surface area contributed by atoms with Gasteiger partial charge in [0.25, 0.3) is 0 Å². The van der Waals surface area contributed by atoms with Crippen molar-refractivity contribution in [2.45, 2.75) is 52.1 Å². The lowest BCUT2D eigenvalue weighted by Crippen LogP contribution is -2.58. The Balaban J connectivity index is 2.56. The van der Waals surface area contributed by atoms with E-state index >= 15 is 0 Å². The van der Waals surface area contributed by atoms with Gasteiger partial charge in [-0.15, -0.1) is 0 Å². The van der Waals surface area contributed by atoms with Gasteiger partial charge < -0.3 is 20.3 Å². The van der Waals surface area contributed by atoms with Gasteiger partial charge in [0.2, 0.25) is 5.91 Å². The zero-order valence-electron chi connectivity index (χ0n) is 13.0. The molecule has 1 heterocycles. The first kappa shape index (κ1) is 16.8. The van der Waals surface area contributed by atoms with Crippen LogP contribution in [0, 0.1) is 0 Å². The number of alkyl carbamates (subject to hydrolysis) is 1. The van der Waals surface area contributed by atoms with Crippen LogP contribution in [0.3, 0.4) is 0 Å². The van der Waals surface area contributed by atoms with E-state index < -0.39 is 11.6 Å². The standard InChI is InChI=1S/C14H27N3O3/c1-5-15-14(3,4)12(18)17-9-7-8-11(10-17)16-13(19)20-6-2/h11,15H,5-10H2,1-4H3,(H,16,19). The molecule has 0 aromatic heterocycles. The lowest BCUT2D eigenvalue weighted by Gasteiger charge is -2.38. The maximum Gasteiger partial charge on any atom is 0.407 e. The second-order valence-electron chi connectivity index (χ2n) is 5.61. The molecule has 1 rings (SSSR count). The molecule has 2 N–H and O–H groups in total. The van der Waals surface area contributed by atoms with Crippen molar-refractivity contribution < 1.29 is 14.3 Å². The van der Waals surface area contributed by atoms with Crippen molar-refractivity contribution in [2.75, 3.05) is 26.2 Å². The number of hydrogen-bond donors (Lipinski definition) is 2. The van der Waals surface area contributed by atoms with Crippen molar-refractivity contribution in [3.63, 3.8) is 0 Å². The maximum atomic E-state index is 12.5. The molecule has 2 amide bonds. The lowest BCUT2D eigenvalue weighted by atomic mass is 9.99. The van der Waals surface area contributed by atoms with Crippen molar-refractivity contribution in [3.8, 4) is 0 Å². The average molecular weight is 285 g/mol. The molecule has 0 aliphatic carbocycles. The van der Waals surface area contributed by atoms with Crippen LogP contribution in [0.2, 0.25) is 0 Å². The molecular weight excluding hydrogens is 258 g/mol. The number of likely N-dealkylation sites (N-methyl/N-ethyl adjacent to an activating group) is 1. The third-order valence-corrected chi connectivity index (χ3v) is 3.46. The zero-order chi connectivity index (χ0) is 15.2. The second kappa shape index (κ2) is 7.47. The quantitative estimate of drug-likeness (QED) is 0.794. The van der Waals surface area contributed by atoms with Gasteiger partial charge in [-0.05, 0) is 40.2 Å². The van der Waals surface area contributed by atoms with Gasteiger partial charge in [0.05, 0.1) is 12.1 Å². The fraction of sp³-hybridized carbons (Fsp3) is 0.857. The van der Waals surface area contributed by atoms with Gasteiger partial charge in [-0.2, -0.15) is 0 Å². The van der Waals surface area contributed by atoms with Crippen molar-refractivity contribution in [2.24, 2.45) is 0 Å². The molecule has 1 atom stereocenters. The van der Waals surface area contributed by atoms with Crippen molar-refractivity contribution in [1.82, 2.24) is 15.5 Å². The van der Waals surface area contributed by atoms with Crippen LogP contribution < -0.4 is 10.6 Å². The maximum absolute atomic E-state index is 12.5. The van der Waals surface area contributed by atoms with Crippen LogP contribution in [-0.2, 0) is 9.53 Å². The molecule has 0 aromatic carbocycles. The minimum atomic E-state index is -0.569. The van der Waals surface area contributed by atoms with Gasteiger partial charge in [0, 0.05) is 19.1 Å². The Morgan fingerprint density at radius 1 is 1.35 bits per heavy atom. The minimum Gasteiger partial charge on any atom is -0.450 e. The second-order valence-corrected chi connectivity index (χ2v) is 5.61. The van der Waals surface area contributed by atoms with Crippen LogP contribution in [0.4, 0.5) is 4.79 Å². The van der Waals surface area contributed by atoms with Gasteiger partial charge in [-0.1, -0.05) is 6.92 Å². The SMILES string of the molecule is CCNC(C)(C)C(=O)N1CCCC(NC(=O)OCC)C1. The number of ether oxygens (including phenoxy) is 1. The fourth-order valence-electron chi connectivity index (χ4n) is 2.53. The molecule has 0 radical (unpaired) electrons. The van der Waals surface area contributed by atoms with E-state index in [4.69, 9.17) is 4.74 Å². The highest BCUT2D eigenvalue weighted by Gasteiger charge is 2.34. The molecule has 0 spiro atoms. The molecule has 1 unspecified atom stereocenters. The topological polar surface area (TPSA) is 70.7 Å². The monoisotopic (exact) mass is 285 g/mol. The Hall–Kier alpha value is -1.30. The molecule has 6 heteroatoms. The molecule has 0 bridgehead atoms. The van der Waals surface area contributed by atoms with E-state index in [0.29, 0.717) is 13.2 Å². The van der Waals surface area contributed by atoms with Crippen LogP contribution >= 0.6 is 0 Å². The smallest absolute Gasteiger partial charge is 0.407 e. The first-order chi connectivity index (χ1) is 9.40. The molecule has 1 saturated heterocycles. The van der Waals surface area contributed by atoms with Crippen LogP contribution in [0.25, 0.3) is 0 Å². The zero-order valence-corrected chi connectivity index (χ0v) is 13.0. The number of nitrogens with one attached hydrogen (secondary N) is 2. The highest BCUT2D eigenvalue weighted by Crippen LogP contribution is 2.15. The number of likely N-dealkylation sites (tertiary alicyclic amines) is 1. The van der Waals surface area contributed by atoms with Crippen LogP contribution in [0.5, 0.6) is 0 Å². The number of carbonyl (C=O) groups is 2. The molecule has 0 aromatic rings. The van der Waals surface area contributed by atoms with Gasteiger partial charge in [0.1, 0.15) is 0 Å². The van der Waals surface area contributed by atoms with E-state index in [1.807, 2.05) is 25.7 Å². The molecule has 1 fully saturated rings. The van der Waals surface area contributed by atoms with Gasteiger partial charge in [-0.3, -0.25) is 4.79 Å². The Morgan fingerprint density at radius 3 is 2.65 bits per heavy atom. The largest absolute Gasteiger partial charge is 0.450 e. The summed E-state index contributed by atoms with van der Waals surface area (Å²) in [6.45, 7) is 9.93. The highest BCUT2D eigenvalue weighted by molar-refractivity contribution is 5.85. The van der Waals surface area contributed by atoms with E-state index in [2.05, 4.69) is 10.6 Å². The van der Waals surface area contributed by atoms with Crippen LogP contribution in [0.15, 0.2) is 0 Å². The first-order valence-corrected chi connectivity index (χ1v) is 7.38. The fourth-order valence-corrected chi connectivity index (χ4v) is 2.53. The van der Waals surface area contributed by atoms with E-state index in [0.717, 1.165) is 25.9 Å². The number of rotatable bonds is 5. The molecule has 20 heavy (non-hydrogen) atoms. The molecule has 6 nitrogen and oxygen atoms in total. The van der Waals surface area contributed by atoms with Crippen molar-refractivity contribution in [1.29, 1.82) is 0 Å². The number of piperidine rings is 1. The summed E-state index contributed by atoms with van der Waals surface area (Å²) in [7, 11) is 0. The Labute approximate surface area is 121 Å². The highest BCUT2D eigenvalue weighted by atomic mass is 16.5. The van der Waals surface area contributed by atoms with E-state index in [1.165, 1.54) is 0 Å². The summed E-state index contributed by atoms with van der Waals surface area (Å²) >= 11 is 0. The summed E-state index contributed by atoms with van der Waals surface area (Å²) in [5, 5.41) is 6.00. The summed E-state index contributed by atoms with van der Waals surface area (Å²) < 4.78 is 4.88. The number of carbonyl (C=O) groups excluding carboxylic acids is 2. The molecule has 1 aliphatic heterocycles. The Kier molecular flexibility index (Phi) is 6.26. The Bertz CT molecular complexity index is 345. The van der Waals surface area contributed by atoms with Crippen molar-refractivity contribution in [3.05, 3.63) is 0 Å². The molecule has 116 valence electrons. The van der Waals surface area contributed by atoms with Gasteiger partial charge in [-0.25, -0.2) is 4.79 Å². The third kappa shape index (κ3) is 4.67. The molecular formula is C14H27N3O3. The summed E-state index contributed by atoms with van der Waals surface area (Å²) in [6, 6.07) is -0.0239. The predicted molar refractivity (Wildman–Crippen MR) is 77.5 cm³/mol. The van der Waals surface area contributed by atoms with Crippen LogP contribution in [0.1, 0.15) is 40.5 Å². The summed E-state index contributed by atoms with van der Waals surface area (Å²) in [5.74, 6) is 0.0784. The van der Waals surface area contributed by atoms with E-state index in [-0.39, 0.29) is 11.9 Å². The number of nitrogens with zero attached hydrogens (tertiary/aromatic N) is 1. The summed E-state index contributed by atoms with van der Waals surface area (Å²) in [4.78, 5) is 25.7. The number of amides is 2. The third-order valence-electron chi connectivity index (χ3n) is 3.46. The Morgan fingerprint density at radius 2 is 2.05 bits per heavy atom. The van der Waals surface area contributed by atoms with Gasteiger partial charge >= 0.3 is 6.09 Å². The summed E-state index contributed by atoms with van der Waals surface area (Å²) in [5.41, 5.74) is -0.569. The minimum absolute atomic E-state index is 0.0239. The first-order valence-electron chi connectivity index (χ1n) is 7.38. The molecule has 0 saturated carbocycles. The lowest BCUT2D eigenvalue weighted by molar-refractivity contribution is -0.138. The van der Waals surface area contributed by atoms with Crippen LogP contribution in [-0.4, -0.2) is 54.7 Å². The van der Waals surface area contributed by atoms with Crippen molar-refractivity contribution >= 4 is 12.0 Å². The predicted octanol–water partition coefficient (Wildman–Crippen LogP) is 1.11. The summed E-state index contributed by atoms with van der Waals surface area (Å²) in [6.07, 6.45) is 1.37. The molecule has 1 aliphatic rings. The normalized spacial score (nSPS) is 19.6. The van der Waals surface area contributed by atoms with Gasteiger partial charge in [0.15, 0.2) is 0 Å². The average Bonchev–Trinajstić information content (AvgIpc) is 2.38. The number of hydrogen-bond acceptors (Lipinski definition) is 4. The van der Waals surface area contributed by atoms with E-state index in [1.54, 1.807) is 6.92 Å². The van der Waals surface area contributed by atoms with E-state index in [9.17, 15) is 9.59 Å².